The number of carbonyl (C=O) groups excluding carboxylic acids is 1. The molecule has 4 N–H and O–H groups in total. The number of ether oxygens (including phenoxy) is 3. The average molecular weight is 412 g/mol. The largest absolute Gasteiger partial charge is 0.496 e. The van der Waals surface area contributed by atoms with Gasteiger partial charge in [0.25, 0.3) is 0 Å². The number of hydrogen-bond acceptors (Lipinski definition) is 9. The molecule has 0 saturated heterocycles. The minimum absolute atomic E-state index is 0.0759. The van der Waals surface area contributed by atoms with Crippen LogP contribution >= 0.6 is 0 Å². The van der Waals surface area contributed by atoms with E-state index in [4.69, 9.17) is 19.9 Å². The number of methoxy groups -OCH3 is 1. The molecule has 10 heteroatoms. The van der Waals surface area contributed by atoms with Crippen LogP contribution in [-0.2, 0) is 4.74 Å². The van der Waals surface area contributed by atoms with Gasteiger partial charge in [-0.15, -0.1) is 0 Å². The molecule has 0 bridgehead atoms. The van der Waals surface area contributed by atoms with E-state index in [1.165, 1.54) is 12.4 Å². The van der Waals surface area contributed by atoms with Crippen molar-refractivity contribution in [2.45, 2.75) is 13.3 Å². The van der Waals surface area contributed by atoms with Crippen molar-refractivity contribution in [2.75, 3.05) is 32.2 Å². The quantitative estimate of drug-likeness (QED) is 0.339. The Morgan fingerprint density at radius 2 is 2.03 bits per heavy atom. The summed E-state index contributed by atoms with van der Waals surface area (Å²) in [5.74, 6) is 1.39. The van der Waals surface area contributed by atoms with Gasteiger partial charge in [0, 0.05) is 18.5 Å². The standard InChI is InChI=1S/C20H24N6O4/c1-3-29-20(27)18-19(23-10-9-22-18)24-16-12-13(25-26-16)17-14(28-2)6-4-7-15(17)30-11-5-8-21/h4,6-7,9-10,12H,3,5,8,11,21H2,1-2H3,(H2,23,24,25,26). The SMILES string of the molecule is CCOC(=O)c1nccnc1Nc1cc(-c2c(OC)cccc2OCCCN)[nH]n1. The maximum atomic E-state index is 12.1. The molecule has 3 aromatic rings. The summed E-state index contributed by atoms with van der Waals surface area (Å²) >= 11 is 0. The highest BCUT2D eigenvalue weighted by molar-refractivity contribution is 5.93. The molecule has 2 heterocycles. The van der Waals surface area contributed by atoms with Crippen molar-refractivity contribution in [1.29, 1.82) is 0 Å². The molecule has 158 valence electrons. The molecule has 0 fully saturated rings. The van der Waals surface area contributed by atoms with Gasteiger partial charge in [-0.3, -0.25) is 5.10 Å². The summed E-state index contributed by atoms with van der Waals surface area (Å²) in [4.78, 5) is 20.3. The van der Waals surface area contributed by atoms with E-state index in [1.54, 1.807) is 20.1 Å². The van der Waals surface area contributed by atoms with Gasteiger partial charge in [0.2, 0.25) is 0 Å². The zero-order valence-electron chi connectivity index (χ0n) is 16.8. The summed E-state index contributed by atoms with van der Waals surface area (Å²) in [7, 11) is 1.59. The lowest BCUT2D eigenvalue weighted by Gasteiger charge is -2.13. The van der Waals surface area contributed by atoms with Gasteiger partial charge < -0.3 is 25.3 Å². The summed E-state index contributed by atoms with van der Waals surface area (Å²) in [6, 6.07) is 7.29. The number of carbonyl (C=O) groups is 1. The Kier molecular flexibility index (Phi) is 7.17. The highest BCUT2D eigenvalue weighted by Crippen LogP contribution is 2.38. The van der Waals surface area contributed by atoms with E-state index in [0.29, 0.717) is 36.2 Å². The minimum atomic E-state index is -0.566. The summed E-state index contributed by atoms with van der Waals surface area (Å²) in [6.45, 7) is 2.99. The van der Waals surface area contributed by atoms with E-state index < -0.39 is 5.97 Å². The van der Waals surface area contributed by atoms with Crippen molar-refractivity contribution >= 4 is 17.6 Å². The number of nitrogens with zero attached hydrogens (tertiary/aromatic N) is 3. The molecule has 0 amide bonds. The zero-order chi connectivity index (χ0) is 21.3. The molecule has 3 rings (SSSR count). The Morgan fingerprint density at radius 1 is 1.23 bits per heavy atom. The molecule has 30 heavy (non-hydrogen) atoms. The predicted octanol–water partition coefficient (Wildman–Crippen LogP) is 2.52. The molecule has 2 aromatic heterocycles. The number of H-pyrrole nitrogens is 1. The maximum absolute atomic E-state index is 12.1. The monoisotopic (exact) mass is 412 g/mol. The fraction of sp³-hybridized carbons (Fsp3) is 0.300. The lowest BCUT2D eigenvalue weighted by molar-refractivity contribution is 0.0520. The minimum Gasteiger partial charge on any atom is -0.496 e. The summed E-state index contributed by atoms with van der Waals surface area (Å²) < 4.78 is 16.4. The molecule has 0 aliphatic carbocycles. The lowest BCUT2D eigenvalue weighted by Crippen LogP contribution is -2.11. The van der Waals surface area contributed by atoms with Crippen LogP contribution in [0.15, 0.2) is 36.7 Å². The number of nitrogens with one attached hydrogen (secondary N) is 2. The smallest absolute Gasteiger partial charge is 0.360 e. The second-order valence-electron chi connectivity index (χ2n) is 6.09. The first-order chi connectivity index (χ1) is 14.7. The molecular formula is C20H24N6O4. The number of anilines is 2. The van der Waals surface area contributed by atoms with E-state index in [2.05, 4.69) is 25.5 Å². The third kappa shape index (κ3) is 4.84. The molecule has 0 spiro atoms. The van der Waals surface area contributed by atoms with Gasteiger partial charge in [-0.2, -0.15) is 5.10 Å². The Morgan fingerprint density at radius 3 is 2.80 bits per heavy atom. The van der Waals surface area contributed by atoms with Gasteiger partial charge in [0.15, 0.2) is 17.3 Å². The molecule has 0 unspecified atom stereocenters. The van der Waals surface area contributed by atoms with Gasteiger partial charge in [0.1, 0.15) is 11.5 Å². The second-order valence-corrected chi connectivity index (χ2v) is 6.09. The fourth-order valence-electron chi connectivity index (χ4n) is 2.75. The van der Waals surface area contributed by atoms with Crippen LogP contribution in [0, 0.1) is 0 Å². The predicted molar refractivity (Wildman–Crippen MR) is 111 cm³/mol. The van der Waals surface area contributed by atoms with Crippen LogP contribution in [0.4, 0.5) is 11.6 Å². The number of rotatable bonds is 10. The number of benzene rings is 1. The van der Waals surface area contributed by atoms with Crippen molar-refractivity contribution in [3.8, 4) is 22.8 Å². The third-order valence-corrected chi connectivity index (χ3v) is 4.07. The van der Waals surface area contributed by atoms with E-state index in [-0.39, 0.29) is 18.1 Å². The number of nitrogens with two attached hydrogens (primary N) is 1. The van der Waals surface area contributed by atoms with Crippen molar-refractivity contribution in [3.05, 3.63) is 42.4 Å². The molecule has 0 atom stereocenters. The van der Waals surface area contributed by atoms with Crippen molar-refractivity contribution in [1.82, 2.24) is 20.2 Å². The number of aromatic amines is 1. The fourth-order valence-corrected chi connectivity index (χ4v) is 2.75. The van der Waals surface area contributed by atoms with Crippen LogP contribution in [0.1, 0.15) is 23.8 Å². The first kappa shape index (κ1) is 21.1. The topological polar surface area (TPSA) is 137 Å². The Balaban J connectivity index is 1.88. The molecular weight excluding hydrogens is 388 g/mol. The third-order valence-electron chi connectivity index (χ3n) is 4.07. The first-order valence-electron chi connectivity index (χ1n) is 9.48. The maximum Gasteiger partial charge on any atom is 0.360 e. The molecule has 1 aromatic carbocycles. The molecule has 0 aliphatic heterocycles. The van der Waals surface area contributed by atoms with Crippen LogP contribution in [0.5, 0.6) is 11.5 Å². The van der Waals surface area contributed by atoms with Gasteiger partial charge in [0.05, 0.1) is 31.6 Å². The second kappa shape index (κ2) is 10.2. The Labute approximate surface area is 173 Å². The van der Waals surface area contributed by atoms with Gasteiger partial charge in [-0.05, 0) is 32.0 Å². The van der Waals surface area contributed by atoms with Crippen LogP contribution in [-0.4, -0.2) is 53.0 Å². The number of hydrogen-bond donors (Lipinski definition) is 3. The average Bonchev–Trinajstić information content (AvgIpc) is 3.22. The normalized spacial score (nSPS) is 10.5. The van der Waals surface area contributed by atoms with Crippen LogP contribution < -0.4 is 20.5 Å². The molecule has 10 nitrogen and oxygen atoms in total. The highest BCUT2D eigenvalue weighted by atomic mass is 16.5. The first-order valence-corrected chi connectivity index (χ1v) is 9.48. The van der Waals surface area contributed by atoms with Crippen molar-refractivity contribution < 1.29 is 19.0 Å². The number of aromatic nitrogens is 4. The van der Waals surface area contributed by atoms with Crippen LogP contribution in [0.25, 0.3) is 11.3 Å². The Bertz CT molecular complexity index is 991. The van der Waals surface area contributed by atoms with Crippen LogP contribution in [0.2, 0.25) is 0 Å². The van der Waals surface area contributed by atoms with Crippen molar-refractivity contribution in [2.24, 2.45) is 5.73 Å². The van der Waals surface area contributed by atoms with Crippen LogP contribution in [0.3, 0.4) is 0 Å². The van der Waals surface area contributed by atoms with Gasteiger partial charge >= 0.3 is 5.97 Å². The number of esters is 1. The van der Waals surface area contributed by atoms with E-state index >= 15 is 0 Å². The molecule has 0 saturated carbocycles. The Hall–Kier alpha value is -3.66. The van der Waals surface area contributed by atoms with Gasteiger partial charge in [-0.1, -0.05) is 6.07 Å². The summed E-state index contributed by atoms with van der Waals surface area (Å²) in [6.07, 6.45) is 3.63. The zero-order valence-corrected chi connectivity index (χ0v) is 16.8. The summed E-state index contributed by atoms with van der Waals surface area (Å²) in [5.41, 5.74) is 7.02. The van der Waals surface area contributed by atoms with Gasteiger partial charge in [-0.25, -0.2) is 14.8 Å². The van der Waals surface area contributed by atoms with E-state index in [9.17, 15) is 4.79 Å². The van der Waals surface area contributed by atoms with E-state index in [0.717, 1.165) is 12.0 Å². The van der Waals surface area contributed by atoms with E-state index in [1.807, 2.05) is 18.2 Å². The highest BCUT2D eigenvalue weighted by Gasteiger charge is 2.19. The van der Waals surface area contributed by atoms with Crippen molar-refractivity contribution in [3.63, 3.8) is 0 Å². The lowest BCUT2D eigenvalue weighted by atomic mass is 10.1. The summed E-state index contributed by atoms with van der Waals surface area (Å²) in [5, 5.41) is 10.2. The molecule has 0 aliphatic rings. The molecule has 0 radical (unpaired) electrons.